The summed E-state index contributed by atoms with van der Waals surface area (Å²) in [5, 5.41) is 0. The van der Waals surface area contributed by atoms with E-state index in [9.17, 15) is 4.79 Å². The third-order valence-corrected chi connectivity index (χ3v) is 2.30. The maximum atomic E-state index is 11.8. The van der Waals surface area contributed by atoms with E-state index >= 15 is 0 Å². The molecular weight excluding hydrogens is 216 g/mol. The lowest BCUT2D eigenvalue weighted by Gasteiger charge is -2.09. The first-order chi connectivity index (χ1) is 8.13. The van der Waals surface area contributed by atoms with Gasteiger partial charge in [0.05, 0.1) is 6.10 Å². The quantitative estimate of drug-likeness (QED) is 0.539. The van der Waals surface area contributed by atoms with E-state index < -0.39 is 0 Å². The maximum absolute atomic E-state index is 11.8. The van der Waals surface area contributed by atoms with Gasteiger partial charge in [-0.3, -0.25) is 4.79 Å². The Labute approximate surface area is 103 Å². The van der Waals surface area contributed by atoms with E-state index in [0.717, 1.165) is 17.7 Å². The summed E-state index contributed by atoms with van der Waals surface area (Å²) in [4.78, 5) is 11.8. The van der Waals surface area contributed by atoms with E-state index in [4.69, 9.17) is 9.47 Å². The molecule has 0 heterocycles. The predicted octanol–water partition coefficient (Wildman–Crippen LogP) is 3.08. The van der Waals surface area contributed by atoms with Crippen molar-refractivity contribution >= 4 is 5.78 Å². The SMILES string of the molecule is COCCCC(=O)c1ccc(OC(C)C)cc1. The van der Waals surface area contributed by atoms with Gasteiger partial charge in [0.2, 0.25) is 0 Å². The number of carbonyl (C=O) groups excluding carboxylic acids is 1. The molecule has 0 amide bonds. The van der Waals surface area contributed by atoms with Crippen LogP contribution in [0.3, 0.4) is 0 Å². The molecule has 1 aromatic rings. The van der Waals surface area contributed by atoms with Crippen LogP contribution in [0.4, 0.5) is 0 Å². The average molecular weight is 236 g/mol. The van der Waals surface area contributed by atoms with Crippen molar-refractivity contribution in [3.05, 3.63) is 29.8 Å². The minimum absolute atomic E-state index is 0.151. The van der Waals surface area contributed by atoms with Crippen LogP contribution >= 0.6 is 0 Å². The van der Waals surface area contributed by atoms with E-state index in [2.05, 4.69) is 0 Å². The molecule has 0 fully saturated rings. The molecule has 0 saturated heterocycles. The summed E-state index contributed by atoms with van der Waals surface area (Å²) < 4.78 is 10.4. The highest BCUT2D eigenvalue weighted by molar-refractivity contribution is 5.96. The number of ketones is 1. The first kappa shape index (κ1) is 13.7. The Morgan fingerprint density at radius 1 is 1.24 bits per heavy atom. The molecule has 94 valence electrons. The van der Waals surface area contributed by atoms with Crippen LogP contribution in [-0.4, -0.2) is 25.6 Å². The molecule has 0 radical (unpaired) electrons. The highest BCUT2D eigenvalue weighted by Gasteiger charge is 2.06. The third kappa shape index (κ3) is 5.00. The van der Waals surface area contributed by atoms with E-state index in [1.54, 1.807) is 7.11 Å². The zero-order chi connectivity index (χ0) is 12.7. The Bertz CT molecular complexity index is 341. The van der Waals surface area contributed by atoms with Crippen molar-refractivity contribution in [1.29, 1.82) is 0 Å². The standard InChI is InChI=1S/C14H20O3/c1-11(2)17-13-8-6-12(7-9-13)14(15)5-4-10-16-3/h6-9,11H,4-5,10H2,1-3H3. The molecule has 3 heteroatoms. The summed E-state index contributed by atoms with van der Waals surface area (Å²) in [7, 11) is 1.64. The second-order valence-electron chi connectivity index (χ2n) is 4.21. The van der Waals surface area contributed by atoms with Gasteiger partial charge in [0, 0.05) is 25.7 Å². The molecule has 0 aliphatic carbocycles. The first-order valence-electron chi connectivity index (χ1n) is 5.92. The Morgan fingerprint density at radius 3 is 2.41 bits per heavy atom. The fourth-order valence-corrected chi connectivity index (χ4v) is 1.51. The predicted molar refractivity (Wildman–Crippen MR) is 67.6 cm³/mol. The summed E-state index contributed by atoms with van der Waals surface area (Å²) >= 11 is 0. The zero-order valence-corrected chi connectivity index (χ0v) is 10.7. The van der Waals surface area contributed by atoms with E-state index in [-0.39, 0.29) is 11.9 Å². The van der Waals surface area contributed by atoms with Gasteiger partial charge in [-0.1, -0.05) is 0 Å². The van der Waals surface area contributed by atoms with Crippen molar-refractivity contribution in [2.45, 2.75) is 32.8 Å². The molecule has 0 aliphatic heterocycles. The number of rotatable bonds is 7. The van der Waals surface area contributed by atoms with Crippen LogP contribution < -0.4 is 4.74 Å². The van der Waals surface area contributed by atoms with E-state index in [1.165, 1.54) is 0 Å². The van der Waals surface area contributed by atoms with Gasteiger partial charge in [-0.15, -0.1) is 0 Å². The average Bonchev–Trinajstić information content (AvgIpc) is 2.29. The number of hydrogen-bond donors (Lipinski definition) is 0. The van der Waals surface area contributed by atoms with Crippen LogP contribution in [0, 0.1) is 0 Å². The molecule has 0 aromatic heterocycles. The fraction of sp³-hybridized carbons (Fsp3) is 0.500. The van der Waals surface area contributed by atoms with Crippen molar-refractivity contribution in [2.75, 3.05) is 13.7 Å². The maximum Gasteiger partial charge on any atom is 0.162 e. The second-order valence-corrected chi connectivity index (χ2v) is 4.21. The number of benzene rings is 1. The molecule has 1 aromatic carbocycles. The number of ether oxygens (including phenoxy) is 2. The van der Waals surface area contributed by atoms with Crippen LogP contribution in [0.15, 0.2) is 24.3 Å². The molecule has 1 rings (SSSR count). The van der Waals surface area contributed by atoms with Gasteiger partial charge < -0.3 is 9.47 Å². The third-order valence-electron chi connectivity index (χ3n) is 2.30. The summed E-state index contributed by atoms with van der Waals surface area (Å²) in [6, 6.07) is 7.30. The summed E-state index contributed by atoms with van der Waals surface area (Å²) in [5.41, 5.74) is 0.734. The van der Waals surface area contributed by atoms with Crippen molar-refractivity contribution in [3.63, 3.8) is 0 Å². The molecule has 17 heavy (non-hydrogen) atoms. The zero-order valence-electron chi connectivity index (χ0n) is 10.7. The van der Waals surface area contributed by atoms with Crippen molar-refractivity contribution in [1.82, 2.24) is 0 Å². The Hall–Kier alpha value is -1.35. The minimum atomic E-state index is 0.151. The second kappa shape index (κ2) is 7.07. The molecule has 0 saturated carbocycles. The van der Waals surface area contributed by atoms with Crippen LogP contribution in [0.2, 0.25) is 0 Å². The lowest BCUT2D eigenvalue weighted by molar-refractivity contribution is 0.0963. The first-order valence-corrected chi connectivity index (χ1v) is 5.92. The number of methoxy groups -OCH3 is 1. The normalized spacial score (nSPS) is 10.6. The topological polar surface area (TPSA) is 35.5 Å². The fourth-order valence-electron chi connectivity index (χ4n) is 1.51. The number of carbonyl (C=O) groups is 1. The Balaban J connectivity index is 2.52. The van der Waals surface area contributed by atoms with Crippen LogP contribution in [0.5, 0.6) is 5.75 Å². The molecule has 0 spiro atoms. The smallest absolute Gasteiger partial charge is 0.162 e. The van der Waals surface area contributed by atoms with Crippen LogP contribution in [0.1, 0.15) is 37.0 Å². The Morgan fingerprint density at radius 2 is 1.88 bits per heavy atom. The van der Waals surface area contributed by atoms with E-state index in [1.807, 2.05) is 38.1 Å². The van der Waals surface area contributed by atoms with Crippen LogP contribution in [-0.2, 0) is 4.74 Å². The minimum Gasteiger partial charge on any atom is -0.491 e. The molecule has 0 unspecified atom stereocenters. The summed E-state index contributed by atoms with van der Waals surface area (Å²) in [5.74, 6) is 0.951. The summed E-state index contributed by atoms with van der Waals surface area (Å²) in [6.07, 6.45) is 1.44. The van der Waals surface area contributed by atoms with Gasteiger partial charge in [-0.05, 0) is 44.5 Å². The molecule has 0 aliphatic rings. The van der Waals surface area contributed by atoms with Crippen molar-refractivity contribution < 1.29 is 14.3 Å². The van der Waals surface area contributed by atoms with Crippen molar-refractivity contribution in [3.8, 4) is 5.75 Å². The highest BCUT2D eigenvalue weighted by atomic mass is 16.5. The van der Waals surface area contributed by atoms with Gasteiger partial charge >= 0.3 is 0 Å². The van der Waals surface area contributed by atoms with Crippen LogP contribution in [0.25, 0.3) is 0 Å². The lowest BCUT2D eigenvalue weighted by Crippen LogP contribution is -2.06. The molecule has 0 bridgehead atoms. The van der Waals surface area contributed by atoms with Gasteiger partial charge in [-0.25, -0.2) is 0 Å². The van der Waals surface area contributed by atoms with Crippen molar-refractivity contribution in [2.24, 2.45) is 0 Å². The Kier molecular flexibility index (Phi) is 5.70. The summed E-state index contributed by atoms with van der Waals surface area (Å²) in [6.45, 7) is 4.58. The molecule has 3 nitrogen and oxygen atoms in total. The monoisotopic (exact) mass is 236 g/mol. The highest BCUT2D eigenvalue weighted by Crippen LogP contribution is 2.15. The van der Waals surface area contributed by atoms with Gasteiger partial charge in [0.15, 0.2) is 5.78 Å². The number of Topliss-reactive ketones (excluding diaryl/α,β-unsaturated/α-hetero) is 1. The molecular formula is C14H20O3. The van der Waals surface area contributed by atoms with E-state index in [0.29, 0.717) is 13.0 Å². The lowest BCUT2D eigenvalue weighted by atomic mass is 10.1. The molecule has 0 atom stereocenters. The number of hydrogen-bond acceptors (Lipinski definition) is 3. The largest absolute Gasteiger partial charge is 0.491 e. The van der Waals surface area contributed by atoms with Gasteiger partial charge in [0.1, 0.15) is 5.75 Å². The van der Waals surface area contributed by atoms with Gasteiger partial charge in [0.25, 0.3) is 0 Å². The molecule has 0 N–H and O–H groups in total. The van der Waals surface area contributed by atoms with Gasteiger partial charge in [-0.2, -0.15) is 0 Å².